The Labute approximate surface area is 160 Å². The maximum absolute atomic E-state index is 9.51. The summed E-state index contributed by atoms with van der Waals surface area (Å²) in [4.78, 5) is 5.41. The number of hydrogen-bond acceptors (Lipinski definition) is 4. The first kappa shape index (κ1) is 18.0. The summed E-state index contributed by atoms with van der Waals surface area (Å²) in [6.07, 6.45) is 10.3. The van der Waals surface area contributed by atoms with Crippen LogP contribution in [-0.4, -0.2) is 28.0 Å². The first-order valence-electron chi connectivity index (χ1n) is 9.69. The Morgan fingerprint density at radius 2 is 2.00 bits per heavy atom. The SMILES string of the molecule is N[C@]1(CO)CC[C@H](c2ccc3c(c2)CC[C@@H](CSc2ccncc2)C3)C1. The molecule has 26 heavy (non-hydrogen) atoms. The molecule has 2 aromatic rings. The van der Waals surface area contributed by atoms with Crippen molar-refractivity contribution in [3.63, 3.8) is 0 Å². The van der Waals surface area contributed by atoms with Crippen LogP contribution < -0.4 is 5.73 Å². The van der Waals surface area contributed by atoms with Crippen LogP contribution in [0.1, 0.15) is 48.3 Å². The normalized spacial score (nSPS) is 28.1. The van der Waals surface area contributed by atoms with Crippen LogP contribution >= 0.6 is 11.8 Å². The zero-order chi connectivity index (χ0) is 18.0. The van der Waals surface area contributed by atoms with Gasteiger partial charge in [-0.15, -0.1) is 11.8 Å². The number of aliphatic hydroxyl groups excluding tert-OH is 1. The summed E-state index contributed by atoms with van der Waals surface area (Å²) in [6.45, 7) is 0.102. The largest absolute Gasteiger partial charge is 0.394 e. The van der Waals surface area contributed by atoms with E-state index < -0.39 is 0 Å². The van der Waals surface area contributed by atoms with Crippen molar-refractivity contribution in [1.29, 1.82) is 0 Å². The highest BCUT2D eigenvalue weighted by molar-refractivity contribution is 7.99. The zero-order valence-electron chi connectivity index (χ0n) is 15.2. The van der Waals surface area contributed by atoms with Crippen LogP contribution in [0.2, 0.25) is 0 Å². The van der Waals surface area contributed by atoms with Gasteiger partial charge in [-0.2, -0.15) is 0 Å². The zero-order valence-corrected chi connectivity index (χ0v) is 16.0. The predicted molar refractivity (Wildman–Crippen MR) is 108 cm³/mol. The maximum Gasteiger partial charge on any atom is 0.0611 e. The lowest BCUT2D eigenvalue weighted by Crippen LogP contribution is -2.40. The number of pyridine rings is 1. The summed E-state index contributed by atoms with van der Waals surface area (Å²) in [6, 6.07) is 11.3. The third kappa shape index (κ3) is 3.98. The Morgan fingerprint density at radius 1 is 1.15 bits per heavy atom. The molecule has 1 saturated carbocycles. The van der Waals surface area contributed by atoms with E-state index in [-0.39, 0.29) is 12.1 Å². The summed E-state index contributed by atoms with van der Waals surface area (Å²) >= 11 is 1.95. The van der Waals surface area contributed by atoms with Crippen molar-refractivity contribution < 1.29 is 5.11 Å². The number of rotatable bonds is 5. The van der Waals surface area contributed by atoms with Crippen LogP contribution in [0.5, 0.6) is 0 Å². The van der Waals surface area contributed by atoms with Crippen molar-refractivity contribution in [3.8, 4) is 0 Å². The van der Waals surface area contributed by atoms with E-state index in [1.54, 1.807) is 0 Å². The highest BCUT2D eigenvalue weighted by atomic mass is 32.2. The van der Waals surface area contributed by atoms with Gasteiger partial charge in [0.2, 0.25) is 0 Å². The molecule has 4 rings (SSSR count). The fraction of sp³-hybridized carbons (Fsp3) is 0.500. The van der Waals surface area contributed by atoms with Crippen molar-refractivity contribution in [3.05, 3.63) is 59.4 Å². The monoisotopic (exact) mass is 368 g/mol. The molecule has 0 aliphatic heterocycles. The summed E-state index contributed by atoms with van der Waals surface area (Å²) in [7, 11) is 0. The number of nitrogens with two attached hydrogens (primary N) is 1. The van der Waals surface area contributed by atoms with Crippen LogP contribution in [0, 0.1) is 5.92 Å². The third-order valence-corrected chi connectivity index (χ3v) is 7.37. The minimum Gasteiger partial charge on any atom is -0.394 e. The fourth-order valence-electron chi connectivity index (χ4n) is 4.48. The Kier molecular flexibility index (Phi) is 5.35. The molecule has 4 heteroatoms. The third-order valence-electron chi connectivity index (χ3n) is 6.13. The second kappa shape index (κ2) is 7.71. The van der Waals surface area contributed by atoms with Gasteiger partial charge in [0.05, 0.1) is 6.61 Å². The average molecular weight is 369 g/mol. The van der Waals surface area contributed by atoms with E-state index in [1.165, 1.54) is 46.6 Å². The molecule has 3 N–H and O–H groups in total. The van der Waals surface area contributed by atoms with Gasteiger partial charge in [-0.1, -0.05) is 18.2 Å². The molecule has 138 valence electrons. The van der Waals surface area contributed by atoms with Gasteiger partial charge in [0.25, 0.3) is 0 Å². The molecule has 0 bridgehead atoms. The van der Waals surface area contributed by atoms with Gasteiger partial charge in [0.1, 0.15) is 0 Å². The number of aryl methyl sites for hydroxylation is 1. The quantitative estimate of drug-likeness (QED) is 0.785. The molecule has 3 nitrogen and oxygen atoms in total. The van der Waals surface area contributed by atoms with E-state index in [0.717, 1.165) is 25.2 Å². The minimum absolute atomic E-state index is 0.102. The van der Waals surface area contributed by atoms with E-state index >= 15 is 0 Å². The number of thioether (sulfide) groups is 1. The van der Waals surface area contributed by atoms with Crippen LogP contribution in [0.25, 0.3) is 0 Å². The van der Waals surface area contributed by atoms with Crippen molar-refractivity contribution >= 4 is 11.8 Å². The molecule has 1 aromatic carbocycles. The molecular formula is C22H28N2OS. The van der Waals surface area contributed by atoms with Crippen molar-refractivity contribution in [2.24, 2.45) is 11.7 Å². The molecule has 0 unspecified atom stereocenters. The Morgan fingerprint density at radius 3 is 2.77 bits per heavy atom. The van der Waals surface area contributed by atoms with E-state index in [9.17, 15) is 5.11 Å². The first-order chi connectivity index (χ1) is 12.6. The standard InChI is InChI=1S/C22H28N2OS/c23-22(15-25)8-5-20(13-22)19-4-3-17-11-16(1-2-18(17)12-19)14-26-21-6-9-24-10-7-21/h3-4,6-7,9-10,12,16,20,25H,1-2,5,8,11,13-15,23H2/t16-,20+,22-/m1/s1. The van der Waals surface area contributed by atoms with Crippen molar-refractivity contribution in [1.82, 2.24) is 4.98 Å². The van der Waals surface area contributed by atoms with Crippen LogP contribution in [0.4, 0.5) is 0 Å². The number of nitrogens with zero attached hydrogens (tertiary/aromatic N) is 1. The molecule has 0 amide bonds. The molecule has 1 fully saturated rings. The molecule has 0 radical (unpaired) electrons. The van der Waals surface area contributed by atoms with Gasteiger partial charge >= 0.3 is 0 Å². The van der Waals surface area contributed by atoms with Crippen molar-refractivity contribution in [2.75, 3.05) is 12.4 Å². The molecule has 3 atom stereocenters. The minimum atomic E-state index is -0.365. The maximum atomic E-state index is 9.51. The lowest BCUT2D eigenvalue weighted by Gasteiger charge is -2.26. The lowest BCUT2D eigenvalue weighted by molar-refractivity contribution is 0.198. The van der Waals surface area contributed by atoms with Crippen LogP contribution in [0.3, 0.4) is 0 Å². The Balaban J connectivity index is 1.38. The van der Waals surface area contributed by atoms with Gasteiger partial charge in [-0.3, -0.25) is 4.98 Å². The van der Waals surface area contributed by atoms with Crippen LogP contribution in [0.15, 0.2) is 47.6 Å². The van der Waals surface area contributed by atoms with E-state index in [1.807, 2.05) is 24.2 Å². The summed E-state index contributed by atoms with van der Waals surface area (Å²) in [5, 5.41) is 9.51. The van der Waals surface area contributed by atoms with E-state index in [4.69, 9.17) is 5.73 Å². The highest BCUT2D eigenvalue weighted by Crippen LogP contribution is 2.41. The Bertz CT molecular complexity index is 751. The Hall–Kier alpha value is -1.36. The van der Waals surface area contributed by atoms with Crippen molar-refractivity contribution in [2.45, 2.75) is 54.9 Å². The molecule has 0 spiro atoms. The van der Waals surface area contributed by atoms with E-state index in [2.05, 4.69) is 35.3 Å². The van der Waals surface area contributed by atoms with Gasteiger partial charge in [0.15, 0.2) is 0 Å². The molecule has 1 heterocycles. The summed E-state index contributed by atoms with van der Waals surface area (Å²) in [5.41, 5.74) is 10.4. The topological polar surface area (TPSA) is 59.1 Å². The molecule has 2 aliphatic rings. The lowest BCUT2D eigenvalue weighted by atomic mass is 9.82. The summed E-state index contributed by atoms with van der Waals surface area (Å²) < 4.78 is 0. The van der Waals surface area contributed by atoms with Crippen LogP contribution in [-0.2, 0) is 12.8 Å². The second-order valence-corrected chi connectivity index (χ2v) is 9.18. The van der Waals surface area contributed by atoms with Gasteiger partial charge in [-0.25, -0.2) is 0 Å². The average Bonchev–Trinajstić information content (AvgIpc) is 3.09. The first-order valence-corrected chi connectivity index (χ1v) is 10.7. The summed E-state index contributed by atoms with van der Waals surface area (Å²) in [5.74, 6) is 2.45. The van der Waals surface area contributed by atoms with E-state index in [0.29, 0.717) is 5.92 Å². The van der Waals surface area contributed by atoms with Gasteiger partial charge in [-0.05, 0) is 79.2 Å². The van der Waals surface area contributed by atoms with Gasteiger partial charge < -0.3 is 10.8 Å². The van der Waals surface area contributed by atoms with Gasteiger partial charge in [0, 0.05) is 28.6 Å². The predicted octanol–water partition coefficient (Wildman–Crippen LogP) is 3.94. The smallest absolute Gasteiger partial charge is 0.0611 e. The number of aliphatic hydroxyl groups is 1. The molecule has 1 aromatic heterocycles. The number of hydrogen-bond donors (Lipinski definition) is 2. The number of benzene rings is 1. The molecule has 2 aliphatic carbocycles. The fourth-order valence-corrected chi connectivity index (χ4v) is 5.51. The molecule has 0 saturated heterocycles. The molecular weight excluding hydrogens is 340 g/mol. The number of fused-ring (bicyclic) bond motifs is 1. The highest BCUT2D eigenvalue weighted by Gasteiger charge is 2.36. The number of aromatic nitrogens is 1. The second-order valence-electron chi connectivity index (χ2n) is 8.09.